The molecular formula is C23H34N4O7. The van der Waals surface area contributed by atoms with Crippen molar-refractivity contribution < 1.29 is 34.5 Å². The fourth-order valence-corrected chi connectivity index (χ4v) is 3.81. The second kappa shape index (κ2) is 11.8. The number of phenols is 1. The van der Waals surface area contributed by atoms with Crippen molar-refractivity contribution in [3.05, 3.63) is 29.8 Å². The molecule has 1 aromatic carbocycles. The van der Waals surface area contributed by atoms with Crippen LogP contribution in [0.1, 0.15) is 39.2 Å². The molecule has 0 spiro atoms. The summed E-state index contributed by atoms with van der Waals surface area (Å²) in [5.41, 5.74) is 6.35. The number of aromatic hydroxyl groups is 1. The molecule has 0 bridgehead atoms. The van der Waals surface area contributed by atoms with Gasteiger partial charge in [-0.3, -0.25) is 14.4 Å². The number of likely N-dealkylation sites (tertiary alicyclic amines) is 1. The number of hydrogen-bond acceptors (Lipinski definition) is 7. The predicted octanol–water partition coefficient (Wildman–Crippen LogP) is -0.656. The Kier molecular flexibility index (Phi) is 9.39. The Balaban J connectivity index is 2.09. The zero-order valence-corrected chi connectivity index (χ0v) is 19.6. The molecule has 3 amide bonds. The standard InChI is InChI=1S/C23H34N4O7/c1-12(2)19(21(31)25-16(23(33)34)11-14-6-8-15(29)9-7-14)26-20(30)17-5-4-10-27(17)22(32)18(24)13(3)28/h6-9,12-13,16-19,28-29H,4-5,10-11,24H2,1-3H3,(H,25,31)(H,26,30)(H,33,34). The number of phenolic OH excluding ortho intramolecular Hbond substituents is 1. The largest absolute Gasteiger partial charge is 0.508 e. The van der Waals surface area contributed by atoms with Crippen LogP contribution in [0.15, 0.2) is 24.3 Å². The third-order valence-corrected chi connectivity index (χ3v) is 5.88. The third kappa shape index (κ3) is 6.91. The maximum absolute atomic E-state index is 13.0. The number of carboxylic acid groups (broad SMARTS) is 1. The Hall–Kier alpha value is -3.18. The van der Waals surface area contributed by atoms with Crippen LogP contribution in [-0.4, -0.2) is 80.7 Å². The number of aliphatic hydroxyl groups is 1. The normalized spacial score (nSPS) is 19.2. The summed E-state index contributed by atoms with van der Waals surface area (Å²) in [5.74, 6) is -3.31. The van der Waals surface area contributed by atoms with Gasteiger partial charge in [0.1, 0.15) is 29.9 Å². The van der Waals surface area contributed by atoms with Crippen molar-refractivity contribution in [2.75, 3.05) is 6.54 Å². The van der Waals surface area contributed by atoms with Gasteiger partial charge in [-0.2, -0.15) is 0 Å². The molecular weight excluding hydrogens is 444 g/mol. The van der Waals surface area contributed by atoms with Crippen LogP contribution in [0, 0.1) is 5.92 Å². The number of hydrogen-bond donors (Lipinski definition) is 6. The lowest BCUT2D eigenvalue weighted by Gasteiger charge is -2.30. The number of carboxylic acids is 1. The van der Waals surface area contributed by atoms with Crippen molar-refractivity contribution in [1.29, 1.82) is 0 Å². The first kappa shape index (κ1) is 27.1. The fraction of sp³-hybridized carbons (Fsp3) is 0.565. The van der Waals surface area contributed by atoms with E-state index in [9.17, 15) is 34.5 Å². The van der Waals surface area contributed by atoms with Crippen LogP contribution in [0.3, 0.4) is 0 Å². The summed E-state index contributed by atoms with van der Waals surface area (Å²) < 4.78 is 0. The molecule has 1 saturated heterocycles. The van der Waals surface area contributed by atoms with Crippen LogP contribution in [0.2, 0.25) is 0 Å². The second-order valence-corrected chi connectivity index (χ2v) is 8.96. The highest BCUT2D eigenvalue weighted by Crippen LogP contribution is 2.20. The van der Waals surface area contributed by atoms with Crippen molar-refractivity contribution in [1.82, 2.24) is 15.5 Å². The smallest absolute Gasteiger partial charge is 0.326 e. The third-order valence-electron chi connectivity index (χ3n) is 5.88. The van der Waals surface area contributed by atoms with E-state index in [-0.39, 0.29) is 18.1 Å². The zero-order chi connectivity index (χ0) is 25.6. The van der Waals surface area contributed by atoms with Gasteiger partial charge in [-0.25, -0.2) is 4.79 Å². The number of amides is 3. The van der Waals surface area contributed by atoms with Crippen molar-refractivity contribution in [3.8, 4) is 5.75 Å². The van der Waals surface area contributed by atoms with E-state index >= 15 is 0 Å². The Morgan fingerprint density at radius 1 is 1.12 bits per heavy atom. The number of aliphatic hydroxyl groups excluding tert-OH is 1. The van der Waals surface area contributed by atoms with Gasteiger partial charge in [0.2, 0.25) is 17.7 Å². The van der Waals surface area contributed by atoms with Gasteiger partial charge in [0.15, 0.2) is 0 Å². The van der Waals surface area contributed by atoms with Crippen molar-refractivity contribution in [2.45, 2.75) is 70.3 Å². The Labute approximate surface area is 198 Å². The Bertz CT molecular complexity index is 888. The molecule has 1 aliphatic rings. The molecule has 188 valence electrons. The summed E-state index contributed by atoms with van der Waals surface area (Å²) in [4.78, 5) is 51.6. The van der Waals surface area contributed by atoms with E-state index in [4.69, 9.17) is 5.73 Å². The minimum atomic E-state index is -1.25. The summed E-state index contributed by atoms with van der Waals surface area (Å²) in [6.45, 7) is 5.12. The van der Waals surface area contributed by atoms with Gasteiger partial charge in [-0.15, -0.1) is 0 Å². The number of benzene rings is 1. The van der Waals surface area contributed by atoms with Crippen LogP contribution in [-0.2, 0) is 25.6 Å². The molecule has 0 aliphatic carbocycles. The van der Waals surface area contributed by atoms with E-state index in [1.54, 1.807) is 26.0 Å². The first-order valence-electron chi connectivity index (χ1n) is 11.3. The minimum absolute atomic E-state index is 0.0117. The molecule has 0 aromatic heterocycles. The van der Waals surface area contributed by atoms with Crippen molar-refractivity contribution in [2.24, 2.45) is 11.7 Å². The predicted molar refractivity (Wildman–Crippen MR) is 123 cm³/mol. The summed E-state index contributed by atoms with van der Waals surface area (Å²) in [6, 6.07) is 1.69. The SMILES string of the molecule is CC(C)C(NC(=O)C1CCCN1C(=O)C(N)C(C)O)C(=O)NC(Cc1ccc(O)cc1)C(=O)O. The van der Waals surface area contributed by atoms with Gasteiger partial charge < -0.3 is 36.6 Å². The lowest BCUT2D eigenvalue weighted by molar-refractivity contribution is -0.144. The highest BCUT2D eigenvalue weighted by Gasteiger charge is 2.39. The number of nitrogens with zero attached hydrogens (tertiary/aromatic N) is 1. The van der Waals surface area contributed by atoms with E-state index in [1.807, 2.05) is 0 Å². The highest BCUT2D eigenvalue weighted by molar-refractivity contribution is 5.94. The van der Waals surface area contributed by atoms with Gasteiger partial charge >= 0.3 is 5.97 Å². The van der Waals surface area contributed by atoms with E-state index in [0.717, 1.165) is 0 Å². The van der Waals surface area contributed by atoms with E-state index < -0.39 is 54.0 Å². The molecule has 11 heteroatoms. The first-order valence-corrected chi connectivity index (χ1v) is 11.3. The van der Waals surface area contributed by atoms with Crippen LogP contribution in [0.4, 0.5) is 0 Å². The van der Waals surface area contributed by atoms with Crippen molar-refractivity contribution in [3.63, 3.8) is 0 Å². The molecule has 2 rings (SSSR count). The van der Waals surface area contributed by atoms with E-state index in [2.05, 4.69) is 10.6 Å². The molecule has 11 nitrogen and oxygen atoms in total. The van der Waals surface area contributed by atoms with Gasteiger partial charge in [-0.05, 0) is 43.4 Å². The summed E-state index contributed by atoms with van der Waals surface area (Å²) >= 11 is 0. The molecule has 1 fully saturated rings. The molecule has 0 radical (unpaired) electrons. The first-order chi connectivity index (χ1) is 15.9. The quantitative estimate of drug-likeness (QED) is 0.256. The summed E-state index contributed by atoms with van der Waals surface area (Å²) in [7, 11) is 0. The van der Waals surface area contributed by atoms with E-state index in [0.29, 0.717) is 24.9 Å². The number of rotatable bonds is 10. The Morgan fingerprint density at radius 2 is 1.74 bits per heavy atom. The number of aliphatic carboxylic acids is 1. The summed E-state index contributed by atoms with van der Waals surface area (Å²) in [5, 5.41) is 33.7. The number of carbonyl (C=O) groups is 4. The number of nitrogens with one attached hydrogen (secondary N) is 2. The Morgan fingerprint density at radius 3 is 2.26 bits per heavy atom. The van der Waals surface area contributed by atoms with Crippen LogP contribution >= 0.6 is 0 Å². The number of carbonyl (C=O) groups excluding carboxylic acids is 3. The van der Waals surface area contributed by atoms with Crippen LogP contribution in [0.25, 0.3) is 0 Å². The number of nitrogens with two attached hydrogens (primary N) is 1. The summed E-state index contributed by atoms with van der Waals surface area (Å²) in [6.07, 6.45) is -0.132. The van der Waals surface area contributed by atoms with Crippen LogP contribution in [0.5, 0.6) is 5.75 Å². The molecule has 7 N–H and O–H groups in total. The monoisotopic (exact) mass is 478 g/mol. The molecule has 5 atom stereocenters. The van der Waals surface area contributed by atoms with Crippen molar-refractivity contribution >= 4 is 23.7 Å². The van der Waals surface area contributed by atoms with Crippen LogP contribution < -0.4 is 16.4 Å². The average Bonchev–Trinajstić information content (AvgIpc) is 3.26. The van der Waals surface area contributed by atoms with Gasteiger partial charge in [0.25, 0.3) is 0 Å². The van der Waals surface area contributed by atoms with E-state index in [1.165, 1.54) is 24.0 Å². The highest BCUT2D eigenvalue weighted by atomic mass is 16.4. The van der Waals surface area contributed by atoms with Gasteiger partial charge in [0, 0.05) is 13.0 Å². The van der Waals surface area contributed by atoms with Gasteiger partial charge in [0.05, 0.1) is 6.10 Å². The van der Waals surface area contributed by atoms with Gasteiger partial charge in [-0.1, -0.05) is 26.0 Å². The molecule has 1 heterocycles. The minimum Gasteiger partial charge on any atom is -0.508 e. The maximum Gasteiger partial charge on any atom is 0.326 e. The average molecular weight is 479 g/mol. The molecule has 1 aliphatic heterocycles. The molecule has 0 saturated carbocycles. The maximum atomic E-state index is 13.0. The molecule has 1 aromatic rings. The fourth-order valence-electron chi connectivity index (χ4n) is 3.81. The second-order valence-electron chi connectivity index (χ2n) is 8.96. The lowest BCUT2D eigenvalue weighted by Crippen LogP contribution is -2.58. The molecule has 34 heavy (non-hydrogen) atoms. The topological polar surface area (TPSA) is 182 Å². The zero-order valence-electron chi connectivity index (χ0n) is 19.6. The molecule has 5 unspecified atom stereocenters. The lowest BCUT2D eigenvalue weighted by atomic mass is 10.0.